The number of likely N-dealkylation sites (N-methyl/N-ethyl adjacent to an activating group) is 1. The Bertz CT molecular complexity index is 623. The number of nitrogen functional groups attached to an aromatic ring is 1. The van der Waals surface area contributed by atoms with E-state index >= 15 is 0 Å². The molecule has 0 aliphatic carbocycles. The lowest BCUT2D eigenvalue weighted by Crippen LogP contribution is -2.31. The van der Waals surface area contributed by atoms with Gasteiger partial charge in [0.2, 0.25) is 11.9 Å². The molecule has 1 amide bonds. The SMILES string of the molecule is CN1CCC(Nc2nc(NN)nc3[nH]ncc23)C1=O. The largest absolute Gasteiger partial charge is 0.358 e. The molecule has 9 heteroatoms. The van der Waals surface area contributed by atoms with Crippen LogP contribution in [-0.4, -0.2) is 50.6 Å². The number of carbonyl (C=O) groups is 1. The van der Waals surface area contributed by atoms with Crippen LogP contribution < -0.4 is 16.6 Å². The summed E-state index contributed by atoms with van der Waals surface area (Å²) in [6.07, 6.45) is 2.35. The van der Waals surface area contributed by atoms with Crippen LogP contribution in [0.2, 0.25) is 0 Å². The van der Waals surface area contributed by atoms with Crippen molar-refractivity contribution < 1.29 is 4.79 Å². The molecule has 3 heterocycles. The number of rotatable bonds is 3. The van der Waals surface area contributed by atoms with Crippen molar-refractivity contribution in [2.24, 2.45) is 5.84 Å². The van der Waals surface area contributed by atoms with Crippen molar-refractivity contribution in [3.63, 3.8) is 0 Å². The molecule has 9 nitrogen and oxygen atoms in total. The van der Waals surface area contributed by atoms with Crippen LogP contribution in [0.1, 0.15) is 6.42 Å². The monoisotopic (exact) mass is 262 g/mol. The maximum Gasteiger partial charge on any atom is 0.244 e. The number of hydrogen-bond donors (Lipinski definition) is 4. The fourth-order valence-corrected chi connectivity index (χ4v) is 2.13. The average molecular weight is 262 g/mol. The van der Waals surface area contributed by atoms with Gasteiger partial charge in [0.15, 0.2) is 5.65 Å². The molecule has 1 aliphatic rings. The molecule has 0 spiro atoms. The van der Waals surface area contributed by atoms with Crippen LogP contribution in [0, 0.1) is 0 Å². The number of likely N-dealkylation sites (tertiary alicyclic amines) is 1. The predicted octanol–water partition coefficient (Wildman–Crippen LogP) is -0.719. The predicted molar refractivity (Wildman–Crippen MR) is 69.2 cm³/mol. The minimum Gasteiger partial charge on any atom is -0.358 e. The summed E-state index contributed by atoms with van der Waals surface area (Å²) < 4.78 is 0. The molecule has 2 aromatic rings. The molecule has 0 saturated carbocycles. The molecule has 0 aromatic carbocycles. The summed E-state index contributed by atoms with van der Waals surface area (Å²) in [6, 6.07) is -0.274. The number of amides is 1. The van der Waals surface area contributed by atoms with E-state index in [1.807, 2.05) is 0 Å². The Hall–Kier alpha value is -2.42. The fourth-order valence-electron chi connectivity index (χ4n) is 2.13. The van der Waals surface area contributed by atoms with Crippen molar-refractivity contribution in [3.8, 4) is 0 Å². The third kappa shape index (κ3) is 1.93. The van der Waals surface area contributed by atoms with Crippen LogP contribution in [0.5, 0.6) is 0 Å². The van der Waals surface area contributed by atoms with Gasteiger partial charge in [0.05, 0.1) is 11.6 Å². The summed E-state index contributed by atoms with van der Waals surface area (Å²) in [7, 11) is 1.78. The van der Waals surface area contributed by atoms with Crippen molar-refractivity contribution in [2.45, 2.75) is 12.5 Å². The Labute approximate surface area is 108 Å². The van der Waals surface area contributed by atoms with Crippen LogP contribution in [0.15, 0.2) is 6.20 Å². The highest BCUT2D eigenvalue weighted by Gasteiger charge is 2.29. The molecule has 0 radical (unpaired) electrons. The summed E-state index contributed by atoms with van der Waals surface area (Å²) in [4.78, 5) is 21.9. The Morgan fingerprint density at radius 3 is 3.05 bits per heavy atom. The molecule has 2 aromatic heterocycles. The van der Waals surface area contributed by atoms with Gasteiger partial charge in [0.25, 0.3) is 0 Å². The zero-order valence-corrected chi connectivity index (χ0v) is 10.3. The quantitative estimate of drug-likeness (QED) is 0.425. The third-order valence-corrected chi connectivity index (χ3v) is 3.18. The number of anilines is 2. The Kier molecular flexibility index (Phi) is 2.67. The first-order valence-electron chi connectivity index (χ1n) is 5.88. The molecule has 0 bridgehead atoms. The zero-order valence-electron chi connectivity index (χ0n) is 10.3. The molecule has 1 unspecified atom stereocenters. The summed E-state index contributed by atoms with van der Waals surface area (Å²) in [5, 5.41) is 10.5. The number of carbonyl (C=O) groups excluding carboxylic acids is 1. The highest BCUT2D eigenvalue weighted by Crippen LogP contribution is 2.22. The number of nitrogens with one attached hydrogen (secondary N) is 3. The van der Waals surface area contributed by atoms with E-state index in [1.54, 1.807) is 18.1 Å². The normalized spacial score (nSPS) is 19.2. The van der Waals surface area contributed by atoms with Crippen LogP contribution in [0.3, 0.4) is 0 Å². The summed E-state index contributed by atoms with van der Waals surface area (Å²) in [5.74, 6) is 6.18. The van der Waals surface area contributed by atoms with Crippen molar-refractivity contribution in [1.82, 2.24) is 25.1 Å². The standard InChI is InChI=1S/C10H14N8O/c1-18-3-2-6(9(18)19)13-7-5-4-12-17-8(5)15-10(14-7)16-11/h4,6H,2-3,11H2,1H3,(H3,12,13,14,15,16,17). The van der Waals surface area contributed by atoms with Crippen molar-refractivity contribution in [3.05, 3.63) is 6.20 Å². The maximum atomic E-state index is 11.9. The van der Waals surface area contributed by atoms with Gasteiger partial charge in [-0.2, -0.15) is 15.1 Å². The number of nitrogens with two attached hydrogens (primary N) is 1. The summed E-state index contributed by atoms with van der Waals surface area (Å²) >= 11 is 0. The minimum atomic E-state index is -0.274. The molecule has 3 rings (SSSR count). The second-order valence-electron chi connectivity index (χ2n) is 4.42. The van der Waals surface area contributed by atoms with Crippen molar-refractivity contribution >= 4 is 28.7 Å². The lowest BCUT2D eigenvalue weighted by atomic mass is 10.2. The fraction of sp³-hybridized carbons (Fsp3) is 0.400. The average Bonchev–Trinajstić information content (AvgIpc) is 3.00. The van der Waals surface area contributed by atoms with Gasteiger partial charge in [0.1, 0.15) is 11.9 Å². The van der Waals surface area contributed by atoms with E-state index < -0.39 is 0 Å². The van der Waals surface area contributed by atoms with E-state index in [0.29, 0.717) is 11.5 Å². The number of H-pyrrole nitrogens is 1. The Morgan fingerprint density at radius 1 is 1.53 bits per heavy atom. The first-order chi connectivity index (χ1) is 9.19. The Balaban J connectivity index is 1.95. The molecule has 1 atom stereocenters. The van der Waals surface area contributed by atoms with Gasteiger partial charge in [0, 0.05) is 13.6 Å². The van der Waals surface area contributed by atoms with Crippen molar-refractivity contribution in [1.29, 1.82) is 0 Å². The van der Waals surface area contributed by atoms with Crippen LogP contribution in [0.25, 0.3) is 11.0 Å². The zero-order chi connectivity index (χ0) is 13.4. The van der Waals surface area contributed by atoms with E-state index in [1.165, 1.54) is 0 Å². The van der Waals surface area contributed by atoms with Gasteiger partial charge < -0.3 is 10.2 Å². The van der Waals surface area contributed by atoms with Gasteiger partial charge in [-0.05, 0) is 6.42 Å². The van der Waals surface area contributed by atoms with E-state index in [4.69, 9.17) is 5.84 Å². The smallest absolute Gasteiger partial charge is 0.244 e. The van der Waals surface area contributed by atoms with Gasteiger partial charge in [-0.25, -0.2) is 5.84 Å². The van der Waals surface area contributed by atoms with Gasteiger partial charge in [-0.15, -0.1) is 0 Å². The van der Waals surface area contributed by atoms with Gasteiger partial charge in [-0.3, -0.25) is 15.3 Å². The number of aromatic nitrogens is 4. The summed E-state index contributed by atoms with van der Waals surface area (Å²) in [6.45, 7) is 0.734. The van der Waals surface area contributed by atoms with Gasteiger partial charge in [-0.1, -0.05) is 0 Å². The Morgan fingerprint density at radius 2 is 2.37 bits per heavy atom. The molecular weight excluding hydrogens is 248 g/mol. The molecule has 1 saturated heterocycles. The second-order valence-corrected chi connectivity index (χ2v) is 4.42. The molecule has 1 fully saturated rings. The number of fused-ring (bicyclic) bond motifs is 1. The first-order valence-corrected chi connectivity index (χ1v) is 5.88. The van der Waals surface area contributed by atoms with Crippen LogP contribution >= 0.6 is 0 Å². The number of nitrogens with zero attached hydrogens (tertiary/aromatic N) is 4. The minimum absolute atomic E-state index is 0.0533. The van der Waals surface area contributed by atoms with E-state index in [9.17, 15) is 4.79 Å². The second kappa shape index (κ2) is 4.35. The van der Waals surface area contributed by atoms with E-state index in [2.05, 4.69) is 30.9 Å². The summed E-state index contributed by atoms with van der Waals surface area (Å²) in [5.41, 5.74) is 2.95. The van der Waals surface area contributed by atoms with E-state index in [0.717, 1.165) is 18.4 Å². The maximum absolute atomic E-state index is 11.9. The van der Waals surface area contributed by atoms with Crippen LogP contribution in [0.4, 0.5) is 11.8 Å². The third-order valence-electron chi connectivity index (χ3n) is 3.18. The topological polar surface area (TPSA) is 125 Å². The number of hydrazine groups is 1. The molecular formula is C10H14N8O. The highest BCUT2D eigenvalue weighted by molar-refractivity contribution is 5.91. The van der Waals surface area contributed by atoms with Crippen LogP contribution in [-0.2, 0) is 4.79 Å². The molecule has 100 valence electrons. The number of hydrogen-bond acceptors (Lipinski definition) is 7. The lowest BCUT2D eigenvalue weighted by molar-refractivity contribution is -0.127. The van der Waals surface area contributed by atoms with Crippen molar-refractivity contribution in [2.75, 3.05) is 24.3 Å². The molecule has 5 N–H and O–H groups in total. The van der Waals surface area contributed by atoms with E-state index in [-0.39, 0.29) is 17.9 Å². The van der Waals surface area contributed by atoms with Gasteiger partial charge >= 0.3 is 0 Å². The first kappa shape index (κ1) is 11.7. The number of aromatic amines is 1. The molecule has 1 aliphatic heterocycles. The highest BCUT2D eigenvalue weighted by atomic mass is 16.2. The lowest BCUT2D eigenvalue weighted by Gasteiger charge is -2.13. The molecule has 19 heavy (non-hydrogen) atoms.